The van der Waals surface area contributed by atoms with Crippen LogP contribution in [0.2, 0.25) is 0 Å². The third-order valence-electron chi connectivity index (χ3n) is 4.34. The van der Waals surface area contributed by atoms with Crippen LogP contribution in [0.25, 0.3) is 10.9 Å². The third kappa shape index (κ3) is 2.50. The summed E-state index contributed by atoms with van der Waals surface area (Å²) >= 11 is 0. The second-order valence-corrected chi connectivity index (χ2v) is 7.96. The monoisotopic (exact) mass is 339 g/mol. The molecular formula is C15H18FN3O3S. The first-order valence-corrected chi connectivity index (χ1v) is 9.08. The molecule has 2 unspecified atom stereocenters. The Bertz CT molecular complexity index is 883. The summed E-state index contributed by atoms with van der Waals surface area (Å²) in [6, 6.07) is 5.13. The molecule has 1 aliphatic heterocycles. The van der Waals surface area contributed by atoms with Crippen LogP contribution in [0.5, 0.6) is 5.75 Å². The minimum absolute atomic E-state index is 0.198. The number of anilines is 1. The van der Waals surface area contributed by atoms with E-state index in [1.54, 1.807) is 32.2 Å². The lowest BCUT2D eigenvalue weighted by molar-refractivity contribution is 0.0736. The first-order chi connectivity index (χ1) is 10.6. The lowest BCUT2D eigenvalue weighted by atomic mass is 9.99. The largest absolute Gasteiger partial charge is 0.492 e. The summed E-state index contributed by atoms with van der Waals surface area (Å²) in [4.78, 5) is 9.58. The highest BCUT2D eigenvalue weighted by atomic mass is 32.2. The second kappa shape index (κ2) is 5.02. The summed E-state index contributed by atoms with van der Waals surface area (Å²) in [5, 5.41) is 0.186. The fourth-order valence-electron chi connectivity index (χ4n) is 2.55. The van der Waals surface area contributed by atoms with Crippen molar-refractivity contribution in [2.75, 3.05) is 24.8 Å². The Morgan fingerprint density at radius 1 is 1.39 bits per heavy atom. The summed E-state index contributed by atoms with van der Waals surface area (Å²) < 4.78 is 44.6. The minimum Gasteiger partial charge on any atom is -0.492 e. The van der Waals surface area contributed by atoms with Gasteiger partial charge in [-0.05, 0) is 19.1 Å². The van der Waals surface area contributed by atoms with E-state index in [9.17, 15) is 8.42 Å². The number of ether oxygens (including phenoxy) is 1. The van der Waals surface area contributed by atoms with Crippen LogP contribution in [0.3, 0.4) is 0 Å². The molecule has 0 amide bonds. The van der Waals surface area contributed by atoms with Crippen LogP contribution < -0.4 is 9.64 Å². The SMILES string of the molecule is CC1COc2cccc3nc(S(C)(=O)=O)nc(c23)N(C)C1(C)F. The van der Waals surface area contributed by atoms with Gasteiger partial charge in [-0.25, -0.2) is 22.8 Å². The Morgan fingerprint density at radius 2 is 2.09 bits per heavy atom. The standard InChI is InChI=1S/C15H18FN3O3S/c1-9-8-22-11-7-5-6-10-12(11)13(19(3)15(9,2)16)18-14(17-10)23(4,20)21/h5-7,9H,8H2,1-4H3. The Hall–Kier alpha value is -1.96. The topological polar surface area (TPSA) is 72.4 Å². The van der Waals surface area contributed by atoms with Gasteiger partial charge in [0.2, 0.25) is 15.0 Å². The number of sulfone groups is 1. The van der Waals surface area contributed by atoms with Gasteiger partial charge in [-0.15, -0.1) is 0 Å². The normalized spacial score (nSPS) is 24.9. The molecule has 0 saturated heterocycles. The third-order valence-corrected chi connectivity index (χ3v) is 5.18. The lowest BCUT2D eigenvalue weighted by Crippen LogP contribution is -2.48. The quantitative estimate of drug-likeness (QED) is 0.586. The molecule has 2 atom stereocenters. The highest BCUT2D eigenvalue weighted by Crippen LogP contribution is 2.40. The van der Waals surface area contributed by atoms with Crippen LogP contribution in [-0.2, 0) is 9.84 Å². The summed E-state index contributed by atoms with van der Waals surface area (Å²) in [6.45, 7) is 3.37. The molecule has 0 aliphatic carbocycles. The molecule has 3 rings (SSSR count). The van der Waals surface area contributed by atoms with E-state index >= 15 is 4.39 Å². The number of aromatic nitrogens is 2. The van der Waals surface area contributed by atoms with E-state index in [1.165, 1.54) is 11.8 Å². The Balaban J connectivity index is 2.40. The molecule has 8 heteroatoms. The van der Waals surface area contributed by atoms with Gasteiger partial charge in [-0.1, -0.05) is 13.0 Å². The predicted octanol–water partition coefficient (Wildman–Crippen LogP) is 2.18. The van der Waals surface area contributed by atoms with Gasteiger partial charge in [-0.2, -0.15) is 0 Å². The van der Waals surface area contributed by atoms with E-state index in [2.05, 4.69) is 9.97 Å². The smallest absolute Gasteiger partial charge is 0.249 e. The van der Waals surface area contributed by atoms with Crippen molar-refractivity contribution in [3.63, 3.8) is 0 Å². The number of halogens is 1. The molecule has 23 heavy (non-hydrogen) atoms. The Kier molecular flexibility index (Phi) is 3.47. The Labute approximate surface area is 134 Å². The van der Waals surface area contributed by atoms with E-state index in [0.29, 0.717) is 16.7 Å². The fourth-order valence-corrected chi connectivity index (χ4v) is 3.06. The van der Waals surface area contributed by atoms with E-state index in [1.807, 2.05) is 0 Å². The van der Waals surface area contributed by atoms with Crippen molar-refractivity contribution in [3.05, 3.63) is 18.2 Å². The van der Waals surface area contributed by atoms with Crippen LogP contribution >= 0.6 is 0 Å². The van der Waals surface area contributed by atoms with Crippen LogP contribution in [-0.4, -0.2) is 44.1 Å². The zero-order chi connectivity index (χ0) is 17.0. The van der Waals surface area contributed by atoms with Gasteiger partial charge in [0.15, 0.2) is 5.79 Å². The molecule has 0 N–H and O–H groups in total. The number of hydrogen-bond acceptors (Lipinski definition) is 6. The van der Waals surface area contributed by atoms with Crippen molar-refractivity contribution in [2.45, 2.75) is 24.8 Å². The summed E-state index contributed by atoms with van der Waals surface area (Å²) in [5.74, 6) is -1.45. The van der Waals surface area contributed by atoms with Crippen LogP contribution in [0.15, 0.2) is 23.4 Å². The first-order valence-electron chi connectivity index (χ1n) is 7.18. The van der Waals surface area contributed by atoms with Crippen molar-refractivity contribution in [1.29, 1.82) is 0 Å². The molecule has 1 aromatic carbocycles. The van der Waals surface area contributed by atoms with Crippen molar-refractivity contribution in [3.8, 4) is 5.75 Å². The van der Waals surface area contributed by atoms with Gasteiger partial charge < -0.3 is 9.64 Å². The maximum absolute atomic E-state index is 15.2. The second-order valence-electron chi connectivity index (χ2n) is 6.05. The minimum atomic E-state index is -3.62. The maximum atomic E-state index is 15.2. The number of rotatable bonds is 1. The molecule has 0 radical (unpaired) electrons. The van der Waals surface area contributed by atoms with Gasteiger partial charge in [0.05, 0.1) is 17.5 Å². The number of alkyl halides is 1. The average Bonchev–Trinajstić information content (AvgIpc) is 2.48. The van der Waals surface area contributed by atoms with Gasteiger partial charge in [0, 0.05) is 19.2 Å². The van der Waals surface area contributed by atoms with E-state index < -0.39 is 21.5 Å². The van der Waals surface area contributed by atoms with Crippen LogP contribution in [0.4, 0.5) is 10.2 Å². The lowest BCUT2D eigenvalue weighted by Gasteiger charge is -2.39. The van der Waals surface area contributed by atoms with E-state index in [0.717, 1.165) is 6.26 Å². The van der Waals surface area contributed by atoms with Crippen molar-refractivity contribution < 1.29 is 17.5 Å². The van der Waals surface area contributed by atoms with Crippen LogP contribution in [0, 0.1) is 5.92 Å². The highest BCUT2D eigenvalue weighted by Gasteiger charge is 2.40. The zero-order valence-electron chi connectivity index (χ0n) is 13.4. The molecule has 1 aliphatic rings. The predicted molar refractivity (Wildman–Crippen MR) is 85.2 cm³/mol. The summed E-state index contributed by atoms with van der Waals surface area (Å²) in [6.07, 6.45) is 1.03. The van der Waals surface area contributed by atoms with Crippen molar-refractivity contribution in [2.24, 2.45) is 5.92 Å². The van der Waals surface area contributed by atoms with Crippen LogP contribution in [0.1, 0.15) is 13.8 Å². The van der Waals surface area contributed by atoms with Gasteiger partial charge >= 0.3 is 0 Å². The molecule has 124 valence electrons. The average molecular weight is 339 g/mol. The molecule has 2 heterocycles. The number of hydrogen-bond donors (Lipinski definition) is 0. The number of nitrogens with zero attached hydrogens (tertiary/aromatic N) is 3. The maximum Gasteiger partial charge on any atom is 0.249 e. The van der Waals surface area contributed by atoms with Crippen molar-refractivity contribution >= 4 is 26.6 Å². The first kappa shape index (κ1) is 15.9. The molecule has 0 fully saturated rings. The molecule has 6 nitrogen and oxygen atoms in total. The zero-order valence-corrected chi connectivity index (χ0v) is 14.2. The van der Waals surface area contributed by atoms with E-state index in [4.69, 9.17) is 4.74 Å². The van der Waals surface area contributed by atoms with Gasteiger partial charge in [0.1, 0.15) is 11.6 Å². The van der Waals surface area contributed by atoms with E-state index in [-0.39, 0.29) is 17.6 Å². The summed E-state index contributed by atoms with van der Waals surface area (Å²) in [7, 11) is -2.06. The molecule has 1 aromatic heterocycles. The van der Waals surface area contributed by atoms with Gasteiger partial charge in [0.25, 0.3) is 0 Å². The fraction of sp³-hybridized carbons (Fsp3) is 0.467. The van der Waals surface area contributed by atoms with Gasteiger partial charge in [-0.3, -0.25) is 0 Å². The highest BCUT2D eigenvalue weighted by molar-refractivity contribution is 7.90. The molecule has 0 spiro atoms. The molecule has 0 saturated carbocycles. The summed E-state index contributed by atoms with van der Waals surface area (Å²) in [5.41, 5.74) is 0.408. The number of benzene rings is 1. The van der Waals surface area contributed by atoms with Crippen molar-refractivity contribution in [1.82, 2.24) is 9.97 Å². The Morgan fingerprint density at radius 3 is 2.74 bits per heavy atom. The molecule has 0 bridgehead atoms. The molecule has 2 aromatic rings. The molecular weight excluding hydrogens is 321 g/mol.